The lowest BCUT2D eigenvalue weighted by Crippen LogP contribution is -2.39. The highest BCUT2D eigenvalue weighted by molar-refractivity contribution is 5.04. The minimum atomic E-state index is -0.0247. The zero-order valence-electron chi connectivity index (χ0n) is 9.82. The lowest BCUT2D eigenvalue weighted by molar-refractivity contribution is 0.230. The Labute approximate surface area is 91.3 Å². The smallest absolute Gasteiger partial charge is 0.0534 e. The summed E-state index contributed by atoms with van der Waals surface area (Å²) in [4.78, 5) is 0. The summed E-state index contributed by atoms with van der Waals surface area (Å²) in [6, 6.07) is 0. The Morgan fingerprint density at radius 3 is 2.80 bits per heavy atom. The van der Waals surface area contributed by atoms with E-state index in [9.17, 15) is 0 Å². The van der Waals surface area contributed by atoms with Crippen LogP contribution >= 0.6 is 0 Å². The average molecular weight is 211 g/mol. The molecule has 0 aliphatic carbocycles. The molecule has 0 saturated heterocycles. The summed E-state index contributed by atoms with van der Waals surface area (Å²) in [7, 11) is 0. The van der Waals surface area contributed by atoms with Crippen molar-refractivity contribution in [2.75, 3.05) is 6.61 Å². The summed E-state index contributed by atoms with van der Waals surface area (Å²) >= 11 is 0. The van der Waals surface area contributed by atoms with Crippen LogP contribution in [0.2, 0.25) is 0 Å². The first-order valence-electron chi connectivity index (χ1n) is 5.44. The fourth-order valence-corrected chi connectivity index (χ4v) is 1.38. The van der Waals surface area contributed by atoms with Gasteiger partial charge in [-0.15, -0.1) is 0 Å². The van der Waals surface area contributed by atoms with Crippen molar-refractivity contribution >= 4 is 0 Å². The standard InChI is InChI=1S/C11H21N3O/c1-4-14-9-10(8-13-14)7-12-11(2,3)5-6-15/h8-9,12,15H,4-7H2,1-3H3. The Morgan fingerprint density at radius 2 is 2.27 bits per heavy atom. The van der Waals surface area contributed by atoms with E-state index in [0.29, 0.717) is 0 Å². The first kappa shape index (κ1) is 12.2. The van der Waals surface area contributed by atoms with E-state index in [2.05, 4.69) is 31.2 Å². The SMILES string of the molecule is CCn1cc(CNC(C)(C)CCO)cn1. The summed E-state index contributed by atoms with van der Waals surface area (Å²) in [6.07, 6.45) is 4.68. The predicted molar refractivity (Wildman–Crippen MR) is 60.5 cm³/mol. The molecule has 1 aromatic rings. The van der Waals surface area contributed by atoms with E-state index in [4.69, 9.17) is 5.11 Å². The number of hydrogen-bond donors (Lipinski definition) is 2. The molecule has 0 amide bonds. The van der Waals surface area contributed by atoms with Gasteiger partial charge in [0.15, 0.2) is 0 Å². The monoisotopic (exact) mass is 211 g/mol. The van der Waals surface area contributed by atoms with E-state index in [1.807, 2.05) is 17.1 Å². The van der Waals surface area contributed by atoms with Gasteiger partial charge in [0.1, 0.15) is 0 Å². The third kappa shape index (κ3) is 4.01. The zero-order valence-corrected chi connectivity index (χ0v) is 9.82. The van der Waals surface area contributed by atoms with Gasteiger partial charge in [0.2, 0.25) is 0 Å². The molecule has 0 atom stereocenters. The molecule has 4 nitrogen and oxygen atoms in total. The summed E-state index contributed by atoms with van der Waals surface area (Å²) < 4.78 is 1.91. The maximum absolute atomic E-state index is 8.88. The second-order valence-corrected chi connectivity index (χ2v) is 4.42. The van der Waals surface area contributed by atoms with Gasteiger partial charge >= 0.3 is 0 Å². The third-order valence-electron chi connectivity index (χ3n) is 2.52. The minimum Gasteiger partial charge on any atom is -0.396 e. The molecule has 4 heteroatoms. The summed E-state index contributed by atoms with van der Waals surface area (Å²) in [5, 5.41) is 16.5. The normalized spacial score (nSPS) is 12.0. The summed E-state index contributed by atoms with van der Waals surface area (Å²) in [5.74, 6) is 0. The summed E-state index contributed by atoms with van der Waals surface area (Å²) in [5.41, 5.74) is 1.16. The van der Waals surface area contributed by atoms with Gasteiger partial charge in [-0.3, -0.25) is 4.68 Å². The number of rotatable bonds is 6. The van der Waals surface area contributed by atoms with Crippen LogP contribution in [-0.4, -0.2) is 27.0 Å². The molecule has 0 bridgehead atoms. The van der Waals surface area contributed by atoms with Gasteiger partial charge in [-0.1, -0.05) is 0 Å². The van der Waals surface area contributed by atoms with Crippen molar-refractivity contribution in [2.24, 2.45) is 0 Å². The number of aliphatic hydroxyl groups is 1. The topological polar surface area (TPSA) is 50.1 Å². The molecule has 0 radical (unpaired) electrons. The van der Waals surface area contributed by atoms with E-state index in [-0.39, 0.29) is 12.1 Å². The van der Waals surface area contributed by atoms with Crippen molar-refractivity contribution in [1.29, 1.82) is 0 Å². The predicted octanol–water partition coefficient (Wildman–Crippen LogP) is 1.15. The molecule has 2 N–H and O–H groups in total. The zero-order chi connectivity index (χ0) is 11.3. The number of nitrogens with one attached hydrogen (secondary N) is 1. The number of hydrogen-bond acceptors (Lipinski definition) is 3. The van der Waals surface area contributed by atoms with Gasteiger partial charge in [-0.05, 0) is 27.2 Å². The van der Waals surface area contributed by atoms with Crippen molar-refractivity contribution in [3.63, 3.8) is 0 Å². The molecule has 15 heavy (non-hydrogen) atoms. The fourth-order valence-electron chi connectivity index (χ4n) is 1.38. The van der Waals surface area contributed by atoms with Crippen molar-refractivity contribution in [1.82, 2.24) is 15.1 Å². The maximum Gasteiger partial charge on any atom is 0.0534 e. The Morgan fingerprint density at radius 1 is 1.53 bits per heavy atom. The average Bonchev–Trinajstić information content (AvgIpc) is 2.62. The van der Waals surface area contributed by atoms with Crippen molar-refractivity contribution in [3.05, 3.63) is 18.0 Å². The Bertz CT molecular complexity index is 294. The largest absolute Gasteiger partial charge is 0.396 e. The number of aliphatic hydroxyl groups excluding tert-OH is 1. The Kier molecular flexibility index (Phi) is 4.29. The van der Waals surface area contributed by atoms with Crippen LogP contribution in [0.25, 0.3) is 0 Å². The van der Waals surface area contributed by atoms with E-state index in [1.165, 1.54) is 5.56 Å². The van der Waals surface area contributed by atoms with E-state index in [1.54, 1.807) is 0 Å². The lowest BCUT2D eigenvalue weighted by atomic mass is 10.0. The number of aromatic nitrogens is 2. The maximum atomic E-state index is 8.88. The van der Waals surface area contributed by atoms with Crippen molar-refractivity contribution < 1.29 is 5.11 Å². The molecule has 86 valence electrons. The van der Waals surface area contributed by atoms with Crippen molar-refractivity contribution in [2.45, 2.75) is 45.8 Å². The molecule has 1 rings (SSSR count). The molecule has 1 aromatic heterocycles. The van der Waals surface area contributed by atoms with Gasteiger partial charge < -0.3 is 10.4 Å². The molecule has 1 heterocycles. The highest BCUT2D eigenvalue weighted by atomic mass is 16.3. The molecule has 0 aliphatic heterocycles. The molecule has 0 spiro atoms. The van der Waals surface area contributed by atoms with E-state index < -0.39 is 0 Å². The molecule has 0 saturated carbocycles. The molecule has 0 fully saturated rings. The van der Waals surface area contributed by atoms with Crippen LogP contribution < -0.4 is 5.32 Å². The second kappa shape index (κ2) is 5.28. The number of nitrogens with zero attached hydrogens (tertiary/aromatic N) is 2. The molecular weight excluding hydrogens is 190 g/mol. The van der Waals surface area contributed by atoms with Gasteiger partial charge in [-0.25, -0.2) is 0 Å². The highest BCUT2D eigenvalue weighted by Gasteiger charge is 2.15. The number of aryl methyl sites for hydroxylation is 1. The van der Waals surface area contributed by atoms with Gasteiger partial charge in [0.25, 0.3) is 0 Å². The van der Waals surface area contributed by atoms with Crippen LogP contribution in [0.1, 0.15) is 32.8 Å². The van der Waals surface area contributed by atoms with Crippen LogP contribution in [0.4, 0.5) is 0 Å². The molecule has 0 unspecified atom stereocenters. The molecular formula is C11H21N3O. The van der Waals surface area contributed by atoms with Crippen LogP contribution in [0.15, 0.2) is 12.4 Å². The van der Waals surface area contributed by atoms with Crippen LogP contribution in [0, 0.1) is 0 Å². The van der Waals surface area contributed by atoms with Gasteiger partial charge in [0, 0.05) is 37.0 Å². The van der Waals surface area contributed by atoms with Gasteiger partial charge in [0.05, 0.1) is 6.20 Å². The van der Waals surface area contributed by atoms with E-state index >= 15 is 0 Å². The first-order valence-corrected chi connectivity index (χ1v) is 5.44. The second-order valence-electron chi connectivity index (χ2n) is 4.42. The van der Waals surface area contributed by atoms with Crippen molar-refractivity contribution in [3.8, 4) is 0 Å². The molecule has 0 aliphatic rings. The van der Waals surface area contributed by atoms with Gasteiger partial charge in [-0.2, -0.15) is 5.10 Å². The van der Waals surface area contributed by atoms with Crippen LogP contribution in [-0.2, 0) is 13.1 Å². The minimum absolute atomic E-state index is 0.0247. The molecule has 0 aromatic carbocycles. The quantitative estimate of drug-likeness (QED) is 0.742. The Balaban J connectivity index is 2.42. The fraction of sp³-hybridized carbons (Fsp3) is 0.727. The Hall–Kier alpha value is -0.870. The lowest BCUT2D eigenvalue weighted by Gasteiger charge is -2.25. The van der Waals surface area contributed by atoms with E-state index in [0.717, 1.165) is 19.5 Å². The van der Waals surface area contributed by atoms with Crippen LogP contribution in [0.3, 0.4) is 0 Å². The highest BCUT2D eigenvalue weighted by Crippen LogP contribution is 2.09. The third-order valence-corrected chi connectivity index (χ3v) is 2.52. The first-order chi connectivity index (χ1) is 7.07. The summed E-state index contributed by atoms with van der Waals surface area (Å²) in [6.45, 7) is 8.17. The van der Waals surface area contributed by atoms with Crippen LogP contribution in [0.5, 0.6) is 0 Å².